The van der Waals surface area contributed by atoms with Crippen LogP contribution in [0.2, 0.25) is 0 Å². The van der Waals surface area contributed by atoms with Gasteiger partial charge in [0.1, 0.15) is 0 Å². The van der Waals surface area contributed by atoms with Crippen molar-refractivity contribution in [3.05, 3.63) is 12.7 Å². The van der Waals surface area contributed by atoms with E-state index in [1.165, 1.54) is 0 Å². The van der Waals surface area contributed by atoms with Crippen LogP contribution >= 0.6 is 0 Å². The molecule has 62 valence electrons. The molecule has 0 bridgehead atoms. The van der Waals surface area contributed by atoms with Gasteiger partial charge in [-0.15, -0.1) is 6.58 Å². The number of rotatable bonds is 4. The van der Waals surface area contributed by atoms with Crippen molar-refractivity contribution in [3.63, 3.8) is 0 Å². The van der Waals surface area contributed by atoms with E-state index >= 15 is 0 Å². The van der Waals surface area contributed by atoms with Gasteiger partial charge in [-0.1, -0.05) is 6.08 Å². The average molecular weight is 154 g/mol. The summed E-state index contributed by atoms with van der Waals surface area (Å²) in [5.41, 5.74) is 0. The highest BCUT2D eigenvalue weighted by molar-refractivity contribution is 5.57. The van der Waals surface area contributed by atoms with Crippen molar-refractivity contribution >= 4 is 6.34 Å². The van der Waals surface area contributed by atoms with E-state index in [0.29, 0.717) is 0 Å². The predicted octanol–water partition coefficient (Wildman–Crippen LogP) is 0.267. The van der Waals surface area contributed by atoms with Crippen LogP contribution in [0.1, 0.15) is 6.42 Å². The van der Waals surface area contributed by atoms with Crippen molar-refractivity contribution in [2.45, 2.75) is 12.5 Å². The van der Waals surface area contributed by atoms with Gasteiger partial charge in [0.25, 0.3) is 0 Å². The molecule has 1 heterocycles. The van der Waals surface area contributed by atoms with Crippen molar-refractivity contribution in [1.82, 2.24) is 4.90 Å². The summed E-state index contributed by atoms with van der Waals surface area (Å²) in [5.74, 6) is 0. The molecule has 0 radical (unpaired) electrons. The first-order valence-electron chi connectivity index (χ1n) is 3.86. The second kappa shape index (κ2) is 4.13. The molecular weight excluding hydrogens is 140 g/mol. The van der Waals surface area contributed by atoms with Crippen LogP contribution in [-0.4, -0.2) is 42.1 Å². The molecule has 0 aromatic rings. The number of hydrogen-bond acceptors (Lipinski definition) is 3. The van der Waals surface area contributed by atoms with Gasteiger partial charge in [-0.25, -0.2) is 0 Å². The molecule has 1 unspecified atom stereocenters. The maximum atomic E-state index is 8.97. The van der Waals surface area contributed by atoms with Crippen LogP contribution in [0.3, 0.4) is 0 Å². The first kappa shape index (κ1) is 8.27. The van der Waals surface area contributed by atoms with E-state index in [9.17, 15) is 0 Å². The van der Waals surface area contributed by atoms with Crippen LogP contribution < -0.4 is 0 Å². The Morgan fingerprint density at radius 3 is 3.09 bits per heavy atom. The number of aliphatic hydroxyl groups is 1. The fourth-order valence-corrected chi connectivity index (χ4v) is 1.18. The van der Waals surface area contributed by atoms with E-state index in [1.807, 2.05) is 12.4 Å². The summed E-state index contributed by atoms with van der Waals surface area (Å²) >= 11 is 0. The third kappa shape index (κ3) is 2.05. The van der Waals surface area contributed by atoms with E-state index in [0.717, 1.165) is 19.5 Å². The van der Waals surface area contributed by atoms with Crippen LogP contribution in [0.15, 0.2) is 17.6 Å². The van der Waals surface area contributed by atoms with Crippen molar-refractivity contribution in [1.29, 1.82) is 0 Å². The summed E-state index contributed by atoms with van der Waals surface area (Å²) in [6, 6.07) is 0.179. The van der Waals surface area contributed by atoms with Gasteiger partial charge in [0.2, 0.25) is 0 Å². The fourth-order valence-electron chi connectivity index (χ4n) is 1.18. The Morgan fingerprint density at radius 1 is 1.82 bits per heavy atom. The Kier molecular flexibility index (Phi) is 3.11. The zero-order valence-electron chi connectivity index (χ0n) is 6.61. The molecule has 0 amide bonds. The molecule has 0 spiro atoms. The molecular formula is C8H14N2O. The molecule has 0 fully saturated rings. The minimum Gasteiger partial charge on any atom is -0.394 e. The maximum absolute atomic E-state index is 8.97. The first-order valence-corrected chi connectivity index (χ1v) is 3.86. The molecule has 1 aliphatic heterocycles. The standard InChI is InChI=1S/C8H14N2O/c1-2-3-8(6-11)10-5-4-9-7-10/h2,7-8,11H,1,3-6H2. The fraction of sp³-hybridized carbons (Fsp3) is 0.625. The maximum Gasteiger partial charge on any atom is 0.0854 e. The Bertz CT molecular complexity index is 156. The van der Waals surface area contributed by atoms with E-state index < -0.39 is 0 Å². The number of aliphatic hydroxyl groups excluding tert-OH is 1. The average Bonchev–Trinajstić information content (AvgIpc) is 2.52. The lowest BCUT2D eigenvalue weighted by Gasteiger charge is -2.23. The molecule has 0 aliphatic carbocycles. The van der Waals surface area contributed by atoms with E-state index in [1.54, 1.807) is 0 Å². The van der Waals surface area contributed by atoms with Gasteiger partial charge in [0.05, 0.1) is 25.5 Å². The van der Waals surface area contributed by atoms with Crippen LogP contribution in [0, 0.1) is 0 Å². The highest BCUT2D eigenvalue weighted by atomic mass is 16.3. The van der Waals surface area contributed by atoms with Crippen molar-refractivity contribution < 1.29 is 5.11 Å². The lowest BCUT2D eigenvalue weighted by Crippen LogP contribution is -2.35. The van der Waals surface area contributed by atoms with Crippen molar-refractivity contribution in [2.24, 2.45) is 4.99 Å². The van der Waals surface area contributed by atoms with E-state index in [-0.39, 0.29) is 12.6 Å². The zero-order valence-corrected chi connectivity index (χ0v) is 6.61. The van der Waals surface area contributed by atoms with Crippen LogP contribution in [0.25, 0.3) is 0 Å². The predicted molar refractivity (Wildman–Crippen MR) is 45.8 cm³/mol. The molecule has 0 aromatic heterocycles. The Hall–Kier alpha value is -0.830. The lowest BCUT2D eigenvalue weighted by molar-refractivity contribution is 0.192. The van der Waals surface area contributed by atoms with Gasteiger partial charge in [0.15, 0.2) is 0 Å². The smallest absolute Gasteiger partial charge is 0.0854 e. The molecule has 11 heavy (non-hydrogen) atoms. The van der Waals surface area contributed by atoms with Crippen LogP contribution in [-0.2, 0) is 0 Å². The van der Waals surface area contributed by atoms with Crippen LogP contribution in [0.5, 0.6) is 0 Å². The van der Waals surface area contributed by atoms with Crippen molar-refractivity contribution in [3.8, 4) is 0 Å². The van der Waals surface area contributed by atoms with Gasteiger partial charge in [-0.2, -0.15) is 0 Å². The number of hydrogen-bond donors (Lipinski definition) is 1. The molecule has 0 saturated heterocycles. The first-order chi connectivity index (χ1) is 5.38. The number of nitrogens with zero attached hydrogens (tertiary/aromatic N) is 2. The van der Waals surface area contributed by atoms with E-state index in [4.69, 9.17) is 5.11 Å². The van der Waals surface area contributed by atoms with Crippen molar-refractivity contribution in [2.75, 3.05) is 19.7 Å². The third-order valence-electron chi connectivity index (χ3n) is 1.84. The molecule has 1 rings (SSSR count). The topological polar surface area (TPSA) is 35.8 Å². The Morgan fingerprint density at radius 2 is 2.64 bits per heavy atom. The molecule has 1 N–H and O–H groups in total. The Labute approximate surface area is 67.0 Å². The quantitative estimate of drug-likeness (QED) is 0.590. The Balaban J connectivity index is 2.39. The van der Waals surface area contributed by atoms with Gasteiger partial charge in [-0.3, -0.25) is 4.99 Å². The lowest BCUT2D eigenvalue weighted by atomic mass is 10.2. The molecule has 3 nitrogen and oxygen atoms in total. The van der Waals surface area contributed by atoms with Crippen LogP contribution in [0.4, 0.5) is 0 Å². The molecule has 1 aliphatic rings. The minimum absolute atomic E-state index is 0.179. The van der Waals surface area contributed by atoms with E-state index in [2.05, 4.69) is 16.5 Å². The van der Waals surface area contributed by atoms with Gasteiger partial charge < -0.3 is 10.0 Å². The van der Waals surface area contributed by atoms with Gasteiger partial charge in [0, 0.05) is 6.54 Å². The molecule has 3 heteroatoms. The number of aliphatic imine (C=N–C) groups is 1. The summed E-state index contributed by atoms with van der Waals surface area (Å²) in [7, 11) is 0. The summed E-state index contributed by atoms with van der Waals surface area (Å²) in [6.45, 7) is 5.60. The summed E-state index contributed by atoms with van der Waals surface area (Å²) < 4.78 is 0. The highest BCUT2D eigenvalue weighted by Crippen LogP contribution is 2.05. The highest BCUT2D eigenvalue weighted by Gasteiger charge is 2.15. The van der Waals surface area contributed by atoms with Gasteiger partial charge in [-0.05, 0) is 6.42 Å². The largest absolute Gasteiger partial charge is 0.394 e. The third-order valence-corrected chi connectivity index (χ3v) is 1.84. The second-order valence-electron chi connectivity index (χ2n) is 2.62. The van der Waals surface area contributed by atoms with Gasteiger partial charge >= 0.3 is 0 Å². The summed E-state index contributed by atoms with van der Waals surface area (Å²) in [5, 5.41) is 8.97. The normalized spacial score (nSPS) is 18.8. The SMILES string of the molecule is C=CCC(CO)N1C=NCC1. The zero-order chi connectivity index (χ0) is 8.10. The molecule has 1 atom stereocenters. The monoisotopic (exact) mass is 154 g/mol. The summed E-state index contributed by atoms with van der Waals surface area (Å²) in [6.07, 6.45) is 4.46. The molecule has 0 saturated carbocycles. The second-order valence-corrected chi connectivity index (χ2v) is 2.62. The summed E-state index contributed by atoms with van der Waals surface area (Å²) in [4.78, 5) is 6.13. The minimum atomic E-state index is 0.179. The molecule has 0 aromatic carbocycles.